The first-order valence-electron chi connectivity index (χ1n) is 6.09. The molecule has 0 aromatic heterocycles. The molecule has 0 bridgehead atoms. The summed E-state index contributed by atoms with van der Waals surface area (Å²) >= 11 is 0. The largest absolute Gasteiger partial charge is 0.384 e. The summed E-state index contributed by atoms with van der Waals surface area (Å²) in [7, 11) is 0. The lowest BCUT2D eigenvalue weighted by atomic mass is 10.1. The molecule has 0 saturated carbocycles. The van der Waals surface area contributed by atoms with Crippen molar-refractivity contribution in [1.82, 2.24) is 0 Å². The second kappa shape index (κ2) is 6.83. The number of hydrogen-bond donors (Lipinski definition) is 2. The van der Waals surface area contributed by atoms with Crippen LogP contribution < -0.4 is 5.32 Å². The average molecular weight is 245 g/mol. The van der Waals surface area contributed by atoms with Crippen LogP contribution in [-0.4, -0.2) is 17.6 Å². The molecule has 3 nitrogen and oxygen atoms in total. The van der Waals surface area contributed by atoms with Crippen LogP contribution in [0.15, 0.2) is 18.2 Å². The van der Waals surface area contributed by atoms with Crippen LogP contribution in [0.5, 0.6) is 0 Å². The molecule has 1 aromatic carbocycles. The van der Waals surface area contributed by atoms with Crippen molar-refractivity contribution in [2.75, 3.05) is 11.9 Å². The van der Waals surface area contributed by atoms with Crippen molar-refractivity contribution >= 4 is 11.6 Å². The summed E-state index contributed by atoms with van der Waals surface area (Å²) < 4.78 is 0. The van der Waals surface area contributed by atoms with E-state index in [0.717, 1.165) is 23.2 Å². The van der Waals surface area contributed by atoms with Crippen LogP contribution in [0.2, 0.25) is 0 Å². The third-order valence-corrected chi connectivity index (χ3v) is 2.87. The number of aliphatic hydroxyl groups is 1. The third kappa shape index (κ3) is 3.90. The van der Waals surface area contributed by atoms with Crippen molar-refractivity contribution in [3.05, 3.63) is 29.3 Å². The van der Waals surface area contributed by atoms with Crippen LogP contribution in [0.1, 0.15) is 31.4 Å². The number of aliphatic hydroxyl groups excluding tert-OH is 1. The lowest BCUT2D eigenvalue weighted by molar-refractivity contribution is -0.119. The van der Waals surface area contributed by atoms with E-state index in [4.69, 9.17) is 5.11 Å². The number of hydrogen-bond acceptors (Lipinski definition) is 2. The second-order valence-corrected chi connectivity index (χ2v) is 4.29. The molecule has 0 radical (unpaired) electrons. The van der Waals surface area contributed by atoms with Crippen LogP contribution in [-0.2, 0) is 4.79 Å². The van der Waals surface area contributed by atoms with E-state index in [1.165, 1.54) is 0 Å². The fourth-order valence-electron chi connectivity index (χ4n) is 1.42. The molecule has 96 valence electrons. The number of carbonyl (C=O) groups is 1. The maximum absolute atomic E-state index is 11.8. The van der Waals surface area contributed by atoms with Gasteiger partial charge in [-0.25, -0.2) is 0 Å². The van der Waals surface area contributed by atoms with Crippen molar-refractivity contribution < 1.29 is 9.90 Å². The number of nitrogens with one attached hydrogen (secondary N) is 1. The van der Waals surface area contributed by atoms with Gasteiger partial charge in [-0.3, -0.25) is 4.79 Å². The summed E-state index contributed by atoms with van der Waals surface area (Å²) in [5, 5.41) is 11.6. The zero-order chi connectivity index (χ0) is 13.5. The molecular formula is C15H19NO2. The summed E-state index contributed by atoms with van der Waals surface area (Å²) in [4.78, 5) is 11.8. The number of amides is 1. The smallest absolute Gasteiger partial charge is 0.227 e. The quantitative estimate of drug-likeness (QED) is 0.803. The molecule has 0 aliphatic rings. The Morgan fingerprint density at radius 2 is 2.22 bits per heavy atom. The van der Waals surface area contributed by atoms with Gasteiger partial charge in [0.05, 0.1) is 0 Å². The van der Waals surface area contributed by atoms with Gasteiger partial charge in [-0.05, 0) is 31.0 Å². The predicted molar refractivity (Wildman–Crippen MR) is 73.2 cm³/mol. The Morgan fingerprint density at radius 3 is 2.83 bits per heavy atom. The van der Waals surface area contributed by atoms with E-state index in [0.29, 0.717) is 0 Å². The Bertz CT molecular complexity index is 483. The maximum Gasteiger partial charge on any atom is 0.227 e. The van der Waals surface area contributed by atoms with E-state index in [1.807, 2.05) is 39.0 Å². The summed E-state index contributed by atoms with van der Waals surface area (Å²) in [5.41, 5.74) is 2.59. The molecule has 0 fully saturated rings. The van der Waals surface area contributed by atoms with Gasteiger partial charge in [-0.2, -0.15) is 0 Å². The fraction of sp³-hybridized carbons (Fsp3) is 0.400. The minimum atomic E-state index is -0.164. The second-order valence-electron chi connectivity index (χ2n) is 4.29. The predicted octanol–water partition coefficient (Wildman–Crippen LogP) is 2.32. The topological polar surface area (TPSA) is 49.3 Å². The van der Waals surface area contributed by atoms with Crippen LogP contribution in [0, 0.1) is 24.7 Å². The molecule has 1 atom stereocenters. The lowest BCUT2D eigenvalue weighted by Crippen LogP contribution is -2.19. The molecule has 18 heavy (non-hydrogen) atoms. The van der Waals surface area contributed by atoms with Crippen LogP contribution >= 0.6 is 0 Å². The Labute approximate surface area is 108 Å². The van der Waals surface area contributed by atoms with Crippen LogP contribution in [0.4, 0.5) is 5.69 Å². The van der Waals surface area contributed by atoms with Crippen molar-refractivity contribution in [1.29, 1.82) is 0 Å². The van der Waals surface area contributed by atoms with E-state index < -0.39 is 0 Å². The SMILES string of the molecule is CCC(C)C(=O)Nc1ccc(C)c(C#CCO)c1. The van der Waals surface area contributed by atoms with Crippen molar-refractivity contribution in [2.24, 2.45) is 5.92 Å². The zero-order valence-electron chi connectivity index (χ0n) is 11.1. The highest BCUT2D eigenvalue weighted by Crippen LogP contribution is 2.16. The fourth-order valence-corrected chi connectivity index (χ4v) is 1.42. The van der Waals surface area contributed by atoms with Gasteiger partial charge in [0, 0.05) is 17.2 Å². The van der Waals surface area contributed by atoms with E-state index in [-0.39, 0.29) is 18.4 Å². The number of carbonyl (C=O) groups excluding carboxylic acids is 1. The van der Waals surface area contributed by atoms with Crippen LogP contribution in [0.3, 0.4) is 0 Å². The minimum Gasteiger partial charge on any atom is -0.384 e. The number of rotatable bonds is 3. The highest BCUT2D eigenvalue weighted by Gasteiger charge is 2.10. The van der Waals surface area contributed by atoms with Gasteiger partial charge in [0.15, 0.2) is 0 Å². The Morgan fingerprint density at radius 1 is 1.50 bits per heavy atom. The number of anilines is 1. The van der Waals surface area contributed by atoms with Gasteiger partial charge in [0.25, 0.3) is 0 Å². The van der Waals surface area contributed by atoms with Crippen molar-refractivity contribution in [2.45, 2.75) is 27.2 Å². The number of aryl methyl sites for hydroxylation is 1. The molecule has 1 amide bonds. The van der Waals surface area contributed by atoms with E-state index in [9.17, 15) is 4.79 Å². The minimum absolute atomic E-state index is 0.00159. The van der Waals surface area contributed by atoms with Crippen LogP contribution in [0.25, 0.3) is 0 Å². The van der Waals surface area contributed by atoms with Gasteiger partial charge in [0.2, 0.25) is 5.91 Å². The molecule has 0 heterocycles. The molecular weight excluding hydrogens is 226 g/mol. The molecule has 0 aliphatic heterocycles. The van der Waals surface area contributed by atoms with Gasteiger partial charge in [-0.1, -0.05) is 31.8 Å². The van der Waals surface area contributed by atoms with Crippen molar-refractivity contribution in [3.8, 4) is 11.8 Å². The Hall–Kier alpha value is -1.79. The Balaban J connectivity index is 2.88. The highest BCUT2D eigenvalue weighted by atomic mass is 16.2. The van der Waals surface area contributed by atoms with E-state index >= 15 is 0 Å². The van der Waals surface area contributed by atoms with Gasteiger partial charge in [-0.15, -0.1) is 0 Å². The number of benzene rings is 1. The average Bonchev–Trinajstić information content (AvgIpc) is 2.38. The maximum atomic E-state index is 11.8. The molecule has 2 N–H and O–H groups in total. The van der Waals surface area contributed by atoms with Gasteiger partial charge in [0.1, 0.15) is 6.61 Å². The van der Waals surface area contributed by atoms with Crippen molar-refractivity contribution in [3.63, 3.8) is 0 Å². The molecule has 1 rings (SSSR count). The summed E-state index contributed by atoms with van der Waals surface area (Å²) in [6.07, 6.45) is 0.814. The Kier molecular flexibility index (Phi) is 5.41. The molecule has 0 saturated heterocycles. The zero-order valence-corrected chi connectivity index (χ0v) is 11.1. The molecule has 0 spiro atoms. The first kappa shape index (κ1) is 14.3. The molecule has 3 heteroatoms. The normalized spacial score (nSPS) is 11.3. The lowest BCUT2D eigenvalue weighted by Gasteiger charge is -2.10. The first-order chi connectivity index (χ1) is 8.58. The standard InChI is InChI=1S/C15H19NO2/c1-4-11(2)15(18)16-14-8-7-12(3)13(10-14)6-5-9-17/h7-8,10-11,17H,4,9H2,1-3H3,(H,16,18). The summed E-state index contributed by atoms with van der Waals surface area (Å²) in [6.45, 7) is 5.66. The molecule has 1 unspecified atom stereocenters. The van der Waals surface area contributed by atoms with E-state index in [1.54, 1.807) is 0 Å². The highest BCUT2D eigenvalue weighted by molar-refractivity contribution is 5.92. The molecule has 0 aliphatic carbocycles. The first-order valence-corrected chi connectivity index (χ1v) is 6.09. The molecule has 1 aromatic rings. The summed E-state index contributed by atoms with van der Waals surface area (Å²) in [6, 6.07) is 5.60. The third-order valence-electron chi connectivity index (χ3n) is 2.87. The van der Waals surface area contributed by atoms with Gasteiger partial charge < -0.3 is 10.4 Å². The van der Waals surface area contributed by atoms with E-state index in [2.05, 4.69) is 17.2 Å². The summed E-state index contributed by atoms with van der Waals surface area (Å²) in [5.74, 6) is 5.50. The monoisotopic (exact) mass is 245 g/mol. The van der Waals surface area contributed by atoms with Gasteiger partial charge >= 0.3 is 0 Å².